The third-order valence-electron chi connectivity index (χ3n) is 4.71. The van der Waals surface area contributed by atoms with Crippen molar-refractivity contribution in [2.75, 3.05) is 0 Å². The number of rotatable bonds is 3. The second kappa shape index (κ2) is 5.73. The number of fused-ring (bicyclic) bond motifs is 3. The fourth-order valence-corrected chi connectivity index (χ4v) is 6.89. The van der Waals surface area contributed by atoms with Crippen LogP contribution in [-0.4, -0.2) is 32.9 Å². The van der Waals surface area contributed by atoms with Gasteiger partial charge in [0.05, 0.1) is 0 Å². The minimum absolute atomic E-state index is 0.325. The Morgan fingerprint density at radius 1 is 1.12 bits per heavy atom. The second-order valence-corrected chi connectivity index (χ2v) is 23.1. The molecule has 0 amide bonds. The molecule has 0 spiro atoms. The summed E-state index contributed by atoms with van der Waals surface area (Å²) in [5, 5.41) is 13.3. The summed E-state index contributed by atoms with van der Waals surface area (Å²) in [4.78, 5) is 11.9. The van der Waals surface area contributed by atoms with Crippen LogP contribution in [0.4, 0.5) is 0 Å². The number of aliphatic hydroxyl groups is 1. The van der Waals surface area contributed by atoms with Gasteiger partial charge in [0.25, 0.3) is 0 Å². The Labute approximate surface area is 148 Å². The zero-order chi connectivity index (χ0) is 17.9. The van der Waals surface area contributed by atoms with Crippen molar-refractivity contribution in [2.24, 2.45) is 0 Å². The van der Waals surface area contributed by atoms with Crippen LogP contribution in [0.15, 0.2) is 30.6 Å². The summed E-state index contributed by atoms with van der Waals surface area (Å²) in [5.41, 5.74) is 2.20. The topological polar surface area (TPSA) is 37.5 Å². The first-order chi connectivity index (χ1) is 11.0. The average Bonchev–Trinajstić information content (AvgIpc) is 2.91. The molecule has 0 saturated heterocycles. The van der Waals surface area contributed by atoms with E-state index < -0.39 is 24.0 Å². The van der Waals surface area contributed by atoms with Gasteiger partial charge in [0.2, 0.25) is 0 Å². The molecule has 4 heteroatoms. The molecule has 3 rings (SSSR count). The predicted octanol–water partition coefficient (Wildman–Crippen LogP) is 4.38. The summed E-state index contributed by atoms with van der Waals surface area (Å²) in [6.45, 7) is 8.15. The fraction of sp³-hybridized carbons (Fsp3) is 0.450. The molecule has 0 atom stereocenters. The van der Waals surface area contributed by atoms with E-state index in [-0.39, 0.29) is 0 Å². The SMILES string of the molecule is CC(C)c1c(C(C)(C)O)n2ccnc2c2cc[c]([Sn]([CH3])([CH3])[CH3])cc12. The zero-order valence-corrected chi connectivity index (χ0v) is 18.7. The molecule has 0 radical (unpaired) electrons. The molecule has 3 aromatic rings. The number of nitrogens with zero attached hydrogens (tertiary/aromatic N) is 2. The van der Waals surface area contributed by atoms with Gasteiger partial charge in [-0.05, 0) is 0 Å². The number of aromatic nitrogens is 2. The van der Waals surface area contributed by atoms with Crippen LogP contribution < -0.4 is 3.58 Å². The average molecular weight is 431 g/mol. The molecule has 128 valence electrons. The third-order valence-corrected chi connectivity index (χ3v) is 10.5. The van der Waals surface area contributed by atoms with Gasteiger partial charge in [0.15, 0.2) is 0 Å². The quantitative estimate of drug-likeness (QED) is 0.626. The van der Waals surface area contributed by atoms with Crippen molar-refractivity contribution in [1.29, 1.82) is 0 Å². The van der Waals surface area contributed by atoms with Gasteiger partial charge in [-0.1, -0.05) is 0 Å². The van der Waals surface area contributed by atoms with Gasteiger partial charge < -0.3 is 0 Å². The molecule has 0 aliphatic rings. The molecule has 0 bridgehead atoms. The van der Waals surface area contributed by atoms with Crippen molar-refractivity contribution >= 4 is 38.4 Å². The molecular formula is C20H28N2OSn. The van der Waals surface area contributed by atoms with E-state index in [0.29, 0.717) is 5.92 Å². The van der Waals surface area contributed by atoms with E-state index in [1.54, 1.807) is 0 Å². The molecule has 0 aliphatic heterocycles. The van der Waals surface area contributed by atoms with Crippen LogP contribution >= 0.6 is 0 Å². The van der Waals surface area contributed by atoms with Crippen LogP contribution in [0.5, 0.6) is 0 Å². The minimum atomic E-state index is -2.18. The Hall–Kier alpha value is -1.07. The van der Waals surface area contributed by atoms with Gasteiger partial charge in [0.1, 0.15) is 0 Å². The van der Waals surface area contributed by atoms with Gasteiger partial charge in [-0.25, -0.2) is 0 Å². The van der Waals surface area contributed by atoms with E-state index in [0.717, 1.165) is 11.3 Å². The molecule has 2 heterocycles. The molecule has 0 saturated carbocycles. The Morgan fingerprint density at radius 2 is 1.79 bits per heavy atom. The third kappa shape index (κ3) is 2.86. The number of pyridine rings is 1. The monoisotopic (exact) mass is 432 g/mol. The molecule has 24 heavy (non-hydrogen) atoms. The van der Waals surface area contributed by atoms with Crippen molar-refractivity contribution in [3.63, 3.8) is 0 Å². The summed E-state index contributed by atoms with van der Waals surface area (Å²) in [7, 11) is 0. The Balaban J connectivity index is 2.56. The maximum atomic E-state index is 10.9. The first kappa shape index (κ1) is 17.7. The van der Waals surface area contributed by atoms with Crippen molar-refractivity contribution < 1.29 is 5.11 Å². The van der Waals surface area contributed by atoms with E-state index in [2.05, 4.69) is 56.3 Å². The second-order valence-electron chi connectivity index (χ2n) is 8.61. The number of imidazole rings is 1. The van der Waals surface area contributed by atoms with Gasteiger partial charge in [-0.3, -0.25) is 0 Å². The maximum absolute atomic E-state index is 10.9. The Kier molecular flexibility index (Phi) is 4.24. The molecule has 0 fully saturated rings. The molecule has 0 unspecified atom stereocenters. The summed E-state index contributed by atoms with van der Waals surface area (Å²) in [6.07, 6.45) is 3.79. The van der Waals surface area contributed by atoms with Crippen LogP contribution in [-0.2, 0) is 5.60 Å². The summed E-state index contributed by atoms with van der Waals surface area (Å²) >= 11 is -2.18. The van der Waals surface area contributed by atoms with Crippen molar-refractivity contribution in [2.45, 2.75) is 54.0 Å². The molecule has 1 aromatic carbocycles. The number of benzene rings is 1. The first-order valence-electron chi connectivity index (χ1n) is 8.68. The number of hydrogen-bond donors (Lipinski definition) is 1. The van der Waals surface area contributed by atoms with Gasteiger partial charge >= 0.3 is 149 Å². The first-order valence-corrected chi connectivity index (χ1v) is 18.7. The van der Waals surface area contributed by atoms with E-state index in [9.17, 15) is 5.11 Å². The Morgan fingerprint density at radius 3 is 2.33 bits per heavy atom. The van der Waals surface area contributed by atoms with Crippen LogP contribution in [0.1, 0.15) is 44.9 Å². The van der Waals surface area contributed by atoms with Gasteiger partial charge in [-0.15, -0.1) is 0 Å². The van der Waals surface area contributed by atoms with E-state index in [1.807, 2.05) is 26.2 Å². The standard InChI is InChI=1S/C17H19N2O.3CH3.Sn/c1-11(2)14-12-7-5-6-8-13(12)16-18-9-10-19(16)15(14)17(3,4)20;;;;/h6-11,20H,1-4H3;3*1H3;. The predicted molar refractivity (Wildman–Crippen MR) is 105 cm³/mol. The number of hydrogen-bond acceptors (Lipinski definition) is 2. The van der Waals surface area contributed by atoms with E-state index in [4.69, 9.17) is 0 Å². The van der Waals surface area contributed by atoms with Crippen molar-refractivity contribution in [1.82, 2.24) is 9.38 Å². The Bertz CT molecular complexity index is 911. The van der Waals surface area contributed by atoms with Crippen LogP contribution in [0.25, 0.3) is 16.4 Å². The van der Waals surface area contributed by atoms with Crippen LogP contribution in [0, 0.1) is 0 Å². The molecule has 2 aromatic heterocycles. The van der Waals surface area contributed by atoms with Crippen molar-refractivity contribution in [3.05, 3.63) is 41.9 Å². The normalized spacial score (nSPS) is 13.4. The summed E-state index contributed by atoms with van der Waals surface area (Å²) in [5.74, 6) is 0.325. The van der Waals surface area contributed by atoms with E-state index in [1.165, 1.54) is 19.9 Å². The molecule has 3 nitrogen and oxygen atoms in total. The van der Waals surface area contributed by atoms with Gasteiger partial charge in [-0.2, -0.15) is 0 Å². The zero-order valence-electron chi connectivity index (χ0n) is 15.8. The molecular weight excluding hydrogens is 403 g/mol. The van der Waals surface area contributed by atoms with Crippen LogP contribution in [0.3, 0.4) is 0 Å². The summed E-state index contributed by atoms with van der Waals surface area (Å²) < 4.78 is 3.58. The molecule has 0 aliphatic carbocycles. The summed E-state index contributed by atoms with van der Waals surface area (Å²) in [6, 6.07) is 6.90. The van der Waals surface area contributed by atoms with Crippen molar-refractivity contribution in [3.8, 4) is 0 Å². The van der Waals surface area contributed by atoms with Gasteiger partial charge in [0, 0.05) is 0 Å². The van der Waals surface area contributed by atoms with E-state index >= 15 is 0 Å². The molecule has 1 N–H and O–H groups in total. The van der Waals surface area contributed by atoms with Crippen LogP contribution in [0.2, 0.25) is 14.8 Å². The fourth-order valence-electron chi connectivity index (χ4n) is 3.58.